The minimum Gasteiger partial charge on any atom is -0.319 e. The molecule has 0 saturated carbocycles. The Bertz CT molecular complexity index is 816. The Morgan fingerprint density at radius 2 is 1.95 bits per heavy atom. The van der Waals surface area contributed by atoms with Crippen LogP contribution in [0.15, 0.2) is 30.3 Å². The highest BCUT2D eigenvalue weighted by Gasteiger charge is 2.15. The summed E-state index contributed by atoms with van der Waals surface area (Å²) < 4.78 is 0. The number of para-hydroxylation sites is 1. The molecule has 2 heterocycles. The molecule has 106 valence electrons. The number of nitrogens with one attached hydrogen (secondary N) is 2. The van der Waals surface area contributed by atoms with Crippen LogP contribution >= 0.6 is 0 Å². The number of aromatic amines is 1. The molecule has 1 amide bonds. The van der Waals surface area contributed by atoms with Crippen molar-refractivity contribution >= 4 is 22.5 Å². The number of hydrogen-bond acceptors (Lipinski definition) is 3. The van der Waals surface area contributed by atoms with Gasteiger partial charge < -0.3 is 5.32 Å². The third-order valence-corrected chi connectivity index (χ3v) is 3.46. The van der Waals surface area contributed by atoms with Gasteiger partial charge in [-0.2, -0.15) is 5.10 Å². The molecule has 0 aliphatic heterocycles. The Morgan fingerprint density at radius 3 is 2.67 bits per heavy atom. The number of hydrogen-bond donors (Lipinski definition) is 2. The summed E-state index contributed by atoms with van der Waals surface area (Å²) in [4.78, 5) is 17.1. The predicted octanol–water partition coefficient (Wildman–Crippen LogP) is 3.14. The zero-order valence-corrected chi connectivity index (χ0v) is 12.2. The number of carbonyl (C=O) groups is 1. The number of rotatable bonds is 2. The van der Waals surface area contributed by atoms with Gasteiger partial charge in [0.05, 0.1) is 28.2 Å². The molecule has 0 fully saturated rings. The van der Waals surface area contributed by atoms with Gasteiger partial charge in [-0.25, -0.2) is 0 Å². The van der Waals surface area contributed by atoms with Crippen LogP contribution in [0.1, 0.15) is 27.4 Å². The summed E-state index contributed by atoms with van der Waals surface area (Å²) in [6.07, 6.45) is 0. The van der Waals surface area contributed by atoms with E-state index in [1.165, 1.54) is 0 Å². The minimum atomic E-state index is -0.149. The molecule has 3 aromatic rings. The van der Waals surface area contributed by atoms with E-state index in [1.54, 1.807) is 0 Å². The van der Waals surface area contributed by atoms with Crippen molar-refractivity contribution in [2.24, 2.45) is 0 Å². The molecule has 0 unspecified atom stereocenters. The average Bonchev–Trinajstić information content (AvgIpc) is 2.78. The van der Waals surface area contributed by atoms with Gasteiger partial charge in [0, 0.05) is 11.1 Å². The zero-order chi connectivity index (χ0) is 15.0. The van der Waals surface area contributed by atoms with Gasteiger partial charge in [0.2, 0.25) is 0 Å². The van der Waals surface area contributed by atoms with Crippen LogP contribution < -0.4 is 5.32 Å². The maximum absolute atomic E-state index is 12.6. The van der Waals surface area contributed by atoms with Crippen LogP contribution in [0.4, 0.5) is 5.69 Å². The summed E-state index contributed by atoms with van der Waals surface area (Å²) in [5.41, 5.74) is 4.62. The highest BCUT2D eigenvalue weighted by molar-refractivity contribution is 6.12. The first-order valence-corrected chi connectivity index (χ1v) is 6.75. The Labute approximate surface area is 122 Å². The fourth-order valence-electron chi connectivity index (χ4n) is 2.41. The smallest absolute Gasteiger partial charge is 0.256 e. The van der Waals surface area contributed by atoms with Crippen LogP contribution in [-0.2, 0) is 0 Å². The van der Waals surface area contributed by atoms with E-state index < -0.39 is 0 Å². The molecule has 0 aliphatic rings. The van der Waals surface area contributed by atoms with E-state index in [9.17, 15) is 4.79 Å². The van der Waals surface area contributed by atoms with E-state index in [0.29, 0.717) is 5.56 Å². The first kappa shape index (κ1) is 13.3. The lowest BCUT2D eigenvalue weighted by Gasteiger charge is -2.09. The Kier molecular flexibility index (Phi) is 3.17. The van der Waals surface area contributed by atoms with Gasteiger partial charge in [-0.1, -0.05) is 18.2 Å². The summed E-state index contributed by atoms with van der Waals surface area (Å²) in [5.74, 6) is -0.149. The standard InChI is InChI=1S/C16H16N4O/c1-9-8-13(12-6-4-5-7-14(12)17-9)16(21)18-15-10(2)19-20-11(15)3/h4-8H,1-3H3,(H,18,21)(H,19,20). The normalized spacial score (nSPS) is 10.8. The SMILES string of the molecule is Cc1cc(C(=O)Nc2c(C)n[nH]c2C)c2ccccc2n1. The molecule has 3 rings (SSSR count). The summed E-state index contributed by atoms with van der Waals surface area (Å²) >= 11 is 0. The van der Waals surface area contributed by atoms with Crippen LogP contribution in [-0.4, -0.2) is 21.1 Å². The number of carbonyl (C=O) groups excluding carboxylic acids is 1. The fraction of sp³-hybridized carbons (Fsp3) is 0.188. The van der Waals surface area contributed by atoms with Gasteiger partial charge in [-0.05, 0) is 32.9 Å². The summed E-state index contributed by atoms with van der Waals surface area (Å²) in [7, 11) is 0. The second kappa shape index (κ2) is 5.01. The molecule has 0 aliphatic carbocycles. The van der Waals surface area contributed by atoms with E-state index in [4.69, 9.17) is 0 Å². The summed E-state index contributed by atoms with van der Waals surface area (Å²) in [6.45, 7) is 5.62. The molecule has 2 aromatic heterocycles. The molecule has 0 bridgehead atoms. The van der Waals surface area contributed by atoms with Crippen molar-refractivity contribution in [3.8, 4) is 0 Å². The van der Waals surface area contributed by atoms with Gasteiger partial charge in [0.15, 0.2) is 0 Å². The zero-order valence-electron chi connectivity index (χ0n) is 12.2. The highest BCUT2D eigenvalue weighted by atomic mass is 16.1. The van der Waals surface area contributed by atoms with Crippen molar-refractivity contribution in [1.29, 1.82) is 0 Å². The van der Waals surface area contributed by atoms with Crippen LogP contribution in [0.2, 0.25) is 0 Å². The van der Waals surface area contributed by atoms with E-state index in [2.05, 4.69) is 20.5 Å². The number of H-pyrrole nitrogens is 1. The van der Waals surface area contributed by atoms with Crippen molar-refractivity contribution in [2.45, 2.75) is 20.8 Å². The van der Waals surface area contributed by atoms with E-state index in [0.717, 1.165) is 33.7 Å². The third-order valence-electron chi connectivity index (χ3n) is 3.46. The molecule has 0 radical (unpaired) electrons. The van der Waals surface area contributed by atoms with Crippen LogP contribution in [0.3, 0.4) is 0 Å². The van der Waals surface area contributed by atoms with Gasteiger partial charge in [0.25, 0.3) is 5.91 Å². The Balaban J connectivity index is 2.06. The van der Waals surface area contributed by atoms with E-state index in [-0.39, 0.29) is 5.91 Å². The largest absolute Gasteiger partial charge is 0.319 e. The number of amides is 1. The number of pyridine rings is 1. The first-order valence-electron chi connectivity index (χ1n) is 6.75. The maximum atomic E-state index is 12.6. The molecule has 2 N–H and O–H groups in total. The van der Waals surface area contributed by atoms with Gasteiger partial charge in [0.1, 0.15) is 0 Å². The second-order valence-electron chi connectivity index (χ2n) is 5.09. The van der Waals surface area contributed by atoms with Crippen molar-refractivity contribution in [3.63, 3.8) is 0 Å². The quantitative estimate of drug-likeness (QED) is 0.757. The summed E-state index contributed by atoms with van der Waals surface area (Å²) in [5, 5.41) is 10.7. The topological polar surface area (TPSA) is 70.7 Å². The van der Waals surface area contributed by atoms with Gasteiger partial charge in [-0.3, -0.25) is 14.9 Å². The molecule has 0 spiro atoms. The molecule has 5 nitrogen and oxygen atoms in total. The number of aromatic nitrogens is 3. The molecule has 5 heteroatoms. The highest BCUT2D eigenvalue weighted by Crippen LogP contribution is 2.21. The molecular formula is C16H16N4O. The van der Waals surface area contributed by atoms with Crippen molar-refractivity contribution in [2.75, 3.05) is 5.32 Å². The number of fused-ring (bicyclic) bond motifs is 1. The molecule has 21 heavy (non-hydrogen) atoms. The third kappa shape index (κ3) is 2.38. The Morgan fingerprint density at radius 1 is 1.19 bits per heavy atom. The first-order chi connectivity index (χ1) is 10.1. The predicted molar refractivity (Wildman–Crippen MR) is 82.5 cm³/mol. The number of aryl methyl sites for hydroxylation is 3. The monoisotopic (exact) mass is 280 g/mol. The lowest BCUT2D eigenvalue weighted by atomic mass is 10.1. The minimum absolute atomic E-state index is 0.149. The van der Waals surface area contributed by atoms with Gasteiger partial charge >= 0.3 is 0 Å². The summed E-state index contributed by atoms with van der Waals surface area (Å²) in [6, 6.07) is 9.45. The maximum Gasteiger partial charge on any atom is 0.256 e. The van der Waals surface area contributed by atoms with Crippen LogP contribution in [0.25, 0.3) is 10.9 Å². The van der Waals surface area contributed by atoms with Crippen LogP contribution in [0.5, 0.6) is 0 Å². The molecule has 1 aromatic carbocycles. The van der Waals surface area contributed by atoms with Crippen molar-refractivity contribution < 1.29 is 4.79 Å². The second-order valence-corrected chi connectivity index (χ2v) is 5.09. The Hall–Kier alpha value is -2.69. The number of anilines is 1. The lowest BCUT2D eigenvalue weighted by Crippen LogP contribution is -2.14. The van der Waals surface area contributed by atoms with E-state index in [1.807, 2.05) is 51.1 Å². The fourth-order valence-corrected chi connectivity index (χ4v) is 2.41. The van der Waals surface area contributed by atoms with E-state index >= 15 is 0 Å². The van der Waals surface area contributed by atoms with Crippen molar-refractivity contribution in [1.82, 2.24) is 15.2 Å². The van der Waals surface area contributed by atoms with Gasteiger partial charge in [-0.15, -0.1) is 0 Å². The average molecular weight is 280 g/mol. The number of benzene rings is 1. The molecule has 0 atom stereocenters. The lowest BCUT2D eigenvalue weighted by molar-refractivity contribution is 0.102. The number of nitrogens with zero attached hydrogens (tertiary/aromatic N) is 2. The van der Waals surface area contributed by atoms with Crippen LogP contribution in [0, 0.1) is 20.8 Å². The molecular weight excluding hydrogens is 264 g/mol. The van der Waals surface area contributed by atoms with Crippen molar-refractivity contribution in [3.05, 3.63) is 53.0 Å². The molecule has 0 saturated heterocycles.